The van der Waals surface area contributed by atoms with Crippen LogP contribution in [0.3, 0.4) is 0 Å². The summed E-state index contributed by atoms with van der Waals surface area (Å²) in [6, 6.07) is 3.51. The lowest BCUT2D eigenvalue weighted by Gasteiger charge is -2.20. The molecule has 0 bridgehead atoms. The highest BCUT2D eigenvalue weighted by Crippen LogP contribution is 2.21. The minimum Gasteiger partial charge on any atom is -0.463 e. The first-order chi connectivity index (χ1) is 11.0. The average Bonchev–Trinajstić information content (AvgIpc) is 3.05. The number of nitrogens with one attached hydrogen (secondary N) is 1. The zero-order valence-electron chi connectivity index (χ0n) is 13.8. The van der Waals surface area contributed by atoms with Gasteiger partial charge in [0.1, 0.15) is 6.61 Å². The molecule has 0 aliphatic carbocycles. The monoisotopic (exact) mass is 335 g/mol. The van der Waals surface area contributed by atoms with E-state index in [1.54, 1.807) is 19.1 Å². The molecule has 1 unspecified atom stereocenters. The Morgan fingerprint density at radius 2 is 1.91 bits per heavy atom. The third-order valence-corrected chi connectivity index (χ3v) is 4.47. The van der Waals surface area contributed by atoms with Gasteiger partial charge in [-0.15, -0.1) is 24.5 Å². The molecule has 0 aliphatic rings. The van der Waals surface area contributed by atoms with Crippen molar-refractivity contribution in [3.05, 3.63) is 47.7 Å². The van der Waals surface area contributed by atoms with Crippen LogP contribution in [0.15, 0.2) is 42.8 Å². The fourth-order valence-corrected chi connectivity index (χ4v) is 2.77. The van der Waals surface area contributed by atoms with Crippen LogP contribution < -0.4 is 5.32 Å². The van der Waals surface area contributed by atoms with E-state index in [0.29, 0.717) is 12.8 Å². The summed E-state index contributed by atoms with van der Waals surface area (Å²) in [5.74, 6) is -0.740. The Bertz CT molecular complexity index is 524. The predicted octanol–water partition coefficient (Wildman–Crippen LogP) is 3.87. The van der Waals surface area contributed by atoms with Gasteiger partial charge < -0.3 is 10.1 Å². The molecule has 0 aromatic carbocycles. The first-order valence-corrected chi connectivity index (χ1v) is 8.59. The molecule has 1 aromatic heterocycles. The van der Waals surface area contributed by atoms with E-state index >= 15 is 0 Å². The first-order valence-electron chi connectivity index (χ1n) is 7.71. The minimum absolute atomic E-state index is 0.0708. The Kier molecular flexibility index (Phi) is 8.33. The third kappa shape index (κ3) is 6.40. The van der Waals surface area contributed by atoms with E-state index in [1.807, 2.05) is 24.4 Å². The number of amides is 1. The molecular formula is C18H25NO3S. The summed E-state index contributed by atoms with van der Waals surface area (Å²) < 4.78 is 5.37. The van der Waals surface area contributed by atoms with Gasteiger partial charge in [-0.2, -0.15) is 0 Å². The summed E-state index contributed by atoms with van der Waals surface area (Å²) in [6.45, 7) is 11.1. The van der Waals surface area contributed by atoms with Crippen molar-refractivity contribution >= 4 is 23.2 Å². The van der Waals surface area contributed by atoms with Crippen molar-refractivity contribution in [3.8, 4) is 0 Å². The van der Waals surface area contributed by atoms with Crippen molar-refractivity contribution in [2.75, 3.05) is 6.61 Å². The lowest BCUT2D eigenvalue weighted by molar-refractivity contribution is -0.149. The quantitative estimate of drug-likeness (QED) is 0.521. The molecule has 0 saturated carbocycles. The zero-order valence-corrected chi connectivity index (χ0v) is 14.6. The number of carbonyl (C=O) groups is 2. The molecule has 0 spiro atoms. The van der Waals surface area contributed by atoms with Gasteiger partial charge in [0.05, 0.1) is 12.0 Å². The molecule has 3 atom stereocenters. The maximum atomic E-state index is 12.2. The molecule has 5 heteroatoms. The normalized spacial score (nSPS) is 14.3. The van der Waals surface area contributed by atoms with Crippen LogP contribution in [0.2, 0.25) is 0 Å². The maximum absolute atomic E-state index is 12.2. The zero-order chi connectivity index (χ0) is 17.2. The summed E-state index contributed by atoms with van der Waals surface area (Å²) in [6.07, 6.45) is 4.60. The Balaban J connectivity index is 2.67. The van der Waals surface area contributed by atoms with Crippen molar-refractivity contribution in [3.63, 3.8) is 0 Å². The molecule has 1 N–H and O–H groups in total. The van der Waals surface area contributed by atoms with Crippen LogP contribution in [0.4, 0.5) is 0 Å². The largest absolute Gasteiger partial charge is 0.463 e. The van der Waals surface area contributed by atoms with Crippen LogP contribution in [0, 0.1) is 11.8 Å². The Morgan fingerprint density at radius 1 is 1.26 bits per heavy atom. The van der Waals surface area contributed by atoms with Crippen LogP contribution >= 0.6 is 11.3 Å². The number of allylic oxidation sites excluding steroid dienone is 2. The molecule has 1 rings (SSSR count). The molecule has 0 radical (unpaired) electrons. The lowest BCUT2D eigenvalue weighted by atomic mass is 10.1. The van der Waals surface area contributed by atoms with Gasteiger partial charge in [0.15, 0.2) is 0 Å². The molecule has 1 aromatic rings. The number of rotatable bonds is 10. The first kappa shape index (κ1) is 19.2. The number of hydrogen-bond acceptors (Lipinski definition) is 4. The summed E-state index contributed by atoms with van der Waals surface area (Å²) in [4.78, 5) is 25.1. The minimum atomic E-state index is -0.324. The smallest absolute Gasteiger partial charge is 0.309 e. The lowest BCUT2D eigenvalue weighted by Crippen LogP contribution is -2.35. The molecular weight excluding hydrogens is 310 g/mol. The standard InChI is InChI=1S/C18H25NO3S/c1-5-8-13(3)17(20)19-15(16-10-7-11-23-16)12-22-18(21)14(4)9-6-2/h5-7,10-11,13-15H,1-2,8-9,12H2,3-4H3,(H,19,20)/t13-,14?,15-/m0/s1. The Morgan fingerprint density at radius 3 is 2.48 bits per heavy atom. The molecule has 4 nitrogen and oxygen atoms in total. The second-order valence-electron chi connectivity index (χ2n) is 5.56. The van der Waals surface area contributed by atoms with Crippen LogP contribution in [0.1, 0.15) is 37.6 Å². The van der Waals surface area contributed by atoms with Crippen molar-refractivity contribution in [2.24, 2.45) is 11.8 Å². The molecule has 1 heterocycles. The molecule has 1 amide bonds. The number of esters is 1. The fourth-order valence-electron chi connectivity index (χ4n) is 2.01. The van der Waals surface area contributed by atoms with Crippen LogP contribution in [0.5, 0.6) is 0 Å². The highest BCUT2D eigenvalue weighted by atomic mass is 32.1. The van der Waals surface area contributed by atoms with Crippen LogP contribution in [-0.2, 0) is 14.3 Å². The molecule has 0 fully saturated rings. The van der Waals surface area contributed by atoms with Gasteiger partial charge in [0.25, 0.3) is 0 Å². The van der Waals surface area contributed by atoms with Crippen LogP contribution in [-0.4, -0.2) is 18.5 Å². The Labute approximate surface area is 142 Å². The van der Waals surface area contributed by atoms with Gasteiger partial charge in [-0.25, -0.2) is 0 Å². The summed E-state index contributed by atoms with van der Waals surface area (Å²) in [5, 5.41) is 4.89. The van der Waals surface area contributed by atoms with E-state index in [4.69, 9.17) is 4.74 Å². The van der Waals surface area contributed by atoms with Crippen molar-refractivity contribution in [2.45, 2.75) is 32.7 Å². The highest BCUT2D eigenvalue weighted by molar-refractivity contribution is 7.10. The van der Waals surface area contributed by atoms with Gasteiger partial charge in [-0.05, 0) is 24.3 Å². The predicted molar refractivity (Wildman–Crippen MR) is 94.1 cm³/mol. The average molecular weight is 335 g/mol. The van der Waals surface area contributed by atoms with E-state index < -0.39 is 0 Å². The van der Waals surface area contributed by atoms with Gasteiger partial charge in [-0.1, -0.05) is 32.1 Å². The third-order valence-electron chi connectivity index (χ3n) is 3.49. The van der Waals surface area contributed by atoms with Crippen molar-refractivity contribution in [1.82, 2.24) is 5.32 Å². The van der Waals surface area contributed by atoms with E-state index in [-0.39, 0.29) is 36.4 Å². The molecule has 0 aliphatic heterocycles. The van der Waals surface area contributed by atoms with Gasteiger partial charge in [0, 0.05) is 10.8 Å². The van der Waals surface area contributed by atoms with Gasteiger partial charge in [-0.3, -0.25) is 9.59 Å². The van der Waals surface area contributed by atoms with E-state index in [9.17, 15) is 9.59 Å². The second kappa shape index (κ2) is 10.0. The van der Waals surface area contributed by atoms with Gasteiger partial charge >= 0.3 is 5.97 Å². The number of hydrogen-bond donors (Lipinski definition) is 1. The van der Waals surface area contributed by atoms with Gasteiger partial charge in [0.2, 0.25) is 5.91 Å². The van der Waals surface area contributed by atoms with Crippen molar-refractivity contribution in [1.29, 1.82) is 0 Å². The number of ether oxygens (including phenoxy) is 1. The van der Waals surface area contributed by atoms with E-state index in [0.717, 1.165) is 4.88 Å². The Hall–Kier alpha value is -1.88. The number of carbonyl (C=O) groups excluding carboxylic acids is 2. The SMILES string of the molecule is C=CCC(C)C(=O)OC[C@H](NC(=O)[C@@H](C)CC=C)c1cccs1. The van der Waals surface area contributed by atoms with Crippen LogP contribution in [0.25, 0.3) is 0 Å². The topological polar surface area (TPSA) is 55.4 Å². The second-order valence-corrected chi connectivity index (χ2v) is 6.54. The number of thiophene rings is 1. The maximum Gasteiger partial charge on any atom is 0.309 e. The summed E-state index contributed by atoms with van der Waals surface area (Å²) in [5.41, 5.74) is 0. The molecule has 126 valence electrons. The molecule has 0 saturated heterocycles. The highest BCUT2D eigenvalue weighted by Gasteiger charge is 2.22. The fraction of sp³-hybridized carbons (Fsp3) is 0.444. The van der Waals surface area contributed by atoms with Crippen molar-refractivity contribution < 1.29 is 14.3 Å². The summed E-state index contributed by atoms with van der Waals surface area (Å²) in [7, 11) is 0. The molecule has 23 heavy (non-hydrogen) atoms. The van der Waals surface area contributed by atoms with E-state index in [2.05, 4.69) is 18.5 Å². The van der Waals surface area contributed by atoms with E-state index in [1.165, 1.54) is 11.3 Å². The summed E-state index contributed by atoms with van der Waals surface area (Å²) >= 11 is 1.53.